The van der Waals surface area contributed by atoms with Crippen LogP contribution in [0.25, 0.3) is 10.9 Å². The lowest BCUT2D eigenvalue weighted by atomic mass is 9.78. The van der Waals surface area contributed by atoms with Crippen LogP contribution >= 0.6 is 0 Å². The van der Waals surface area contributed by atoms with Crippen molar-refractivity contribution in [3.63, 3.8) is 0 Å². The van der Waals surface area contributed by atoms with Gasteiger partial charge in [-0.25, -0.2) is 0 Å². The topological polar surface area (TPSA) is 65.8 Å². The van der Waals surface area contributed by atoms with Gasteiger partial charge in [-0.3, -0.25) is 4.98 Å². The number of likely N-dealkylation sites (tertiary alicyclic amines) is 1. The second kappa shape index (κ2) is 13.1. The highest BCUT2D eigenvalue weighted by Crippen LogP contribution is 2.32. The van der Waals surface area contributed by atoms with Crippen LogP contribution in [-0.4, -0.2) is 59.6 Å². The molecular weight excluding hydrogens is 400 g/mol. The molecule has 1 aromatic carbocycles. The first kappa shape index (κ1) is 24.9. The lowest BCUT2D eigenvalue weighted by Gasteiger charge is -2.40. The second-order valence-corrected chi connectivity index (χ2v) is 9.40. The maximum Gasteiger partial charge on any atom is 0.119 e. The SMILES string of the molecule is CCCCCCCN1CC[C@H](C(O)CCc2ccnc3ccc(OC)cc23)[C@@H](CCO)C1. The van der Waals surface area contributed by atoms with Gasteiger partial charge in [0.25, 0.3) is 0 Å². The summed E-state index contributed by atoms with van der Waals surface area (Å²) in [5.74, 6) is 1.46. The molecule has 32 heavy (non-hydrogen) atoms. The molecule has 0 aliphatic carbocycles. The molecule has 3 atom stereocenters. The first-order valence-electron chi connectivity index (χ1n) is 12.6. The van der Waals surface area contributed by atoms with Gasteiger partial charge in [-0.1, -0.05) is 32.6 Å². The van der Waals surface area contributed by atoms with Crippen LogP contribution in [0.4, 0.5) is 0 Å². The maximum absolute atomic E-state index is 11.1. The number of nitrogens with zero attached hydrogens (tertiary/aromatic N) is 2. The number of fused-ring (bicyclic) bond motifs is 1. The molecule has 2 aromatic rings. The quantitative estimate of drug-likeness (QED) is 0.435. The molecule has 1 aromatic heterocycles. The molecule has 0 amide bonds. The fourth-order valence-corrected chi connectivity index (χ4v) is 5.29. The molecule has 2 N–H and O–H groups in total. The van der Waals surface area contributed by atoms with E-state index < -0.39 is 0 Å². The van der Waals surface area contributed by atoms with Crippen molar-refractivity contribution >= 4 is 10.9 Å². The van der Waals surface area contributed by atoms with Gasteiger partial charge in [0, 0.05) is 24.7 Å². The molecule has 1 aliphatic rings. The Labute approximate surface area is 193 Å². The molecule has 178 valence electrons. The van der Waals surface area contributed by atoms with Crippen LogP contribution in [0.3, 0.4) is 0 Å². The fourth-order valence-electron chi connectivity index (χ4n) is 5.29. The zero-order chi connectivity index (χ0) is 22.8. The Morgan fingerprint density at radius 2 is 2.03 bits per heavy atom. The molecule has 2 heterocycles. The maximum atomic E-state index is 11.1. The van der Waals surface area contributed by atoms with Crippen LogP contribution in [0.1, 0.15) is 63.9 Å². The molecule has 5 nitrogen and oxygen atoms in total. The first-order chi connectivity index (χ1) is 15.7. The Hall–Kier alpha value is -1.69. The number of aryl methyl sites for hydroxylation is 1. The number of aliphatic hydroxyl groups excluding tert-OH is 2. The number of piperidine rings is 1. The Balaban J connectivity index is 1.56. The highest BCUT2D eigenvalue weighted by atomic mass is 16.5. The van der Waals surface area contributed by atoms with E-state index in [4.69, 9.17) is 4.74 Å². The van der Waals surface area contributed by atoms with Crippen LogP contribution in [0.15, 0.2) is 30.5 Å². The normalized spacial score (nSPS) is 20.5. The summed E-state index contributed by atoms with van der Waals surface area (Å²) in [7, 11) is 1.68. The summed E-state index contributed by atoms with van der Waals surface area (Å²) in [6, 6.07) is 8.02. The fraction of sp³-hybridized carbons (Fsp3) is 0.667. The van der Waals surface area contributed by atoms with Crippen molar-refractivity contribution in [2.45, 2.75) is 70.8 Å². The average Bonchev–Trinajstić information content (AvgIpc) is 2.82. The van der Waals surface area contributed by atoms with Crippen LogP contribution in [0.2, 0.25) is 0 Å². The first-order valence-corrected chi connectivity index (χ1v) is 12.6. The number of methoxy groups -OCH3 is 1. The van der Waals surface area contributed by atoms with E-state index in [1.54, 1.807) is 7.11 Å². The molecule has 1 aliphatic heterocycles. The standard InChI is InChI=1S/C27H42N2O3/c1-3-4-5-6-7-16-29-17-13-24(22(20-29)14-18-30)27(31)11-8-21-12-15-28-26-10-9-23(32-2)19-25(21)26/h9-10,12,15,19,22,24,27,30-31H,3-8,11,13-14,16-18,20H2,1-2H3/t22-,24-,27?/m0/s1. The zero-order valence-corrected chi connectivity index (χ0v) is 20.0. The minimum atomic E-state index is -0.341. The van der Waals surface area contributed by atoms with Gasteiger partial charge >= 0.3 is 0 Å². The van der Waals surface area contributed by atoms with Gasteiger partial charge in [0.1, 0.15) is 5.75 Å². The highest BCUT2D eigenvalue weighted by molar-refractivity contribution is 5.83. The summed E-state index contributed by atoms with van der Waals surface area (Å²) in [6.45, 7) is 5.67. The molecule has 5 heteroatoms. The van der Waals surface area contributed by atoms with Crippen molar-refractivity contribution in [3.8, 4) is 5.75 Å². The zero-order valence-electron chi connectivity index (χ0n) is 20.0. The number of benzene rings is 1. The van der Waals surface area contributed by atoms with Gasteiger partial charge in [-0.05, 0) is 86.9 Å². The molecule has 1 fully saturated rings. The Kier molecular flexibility index (Phi) is 10.2. The highest BCUT2D eigenvalue weighted by Gasteiger charge is 2.33. The van der Waals surface area contributed by atoms with Crippen LogP contribution in [0, 0.1) is 11.8 Å². The van der Waals surface area contributed by atoms with Crippen molar-refractivity contribution in [2.24, 2.45) is 11.8 Å². The lowest BCUT2D eigenvalue weighted by molar-refractivity contribution is 0.00443. The number of aromatic nitrogens is 1. The van der Waals surface area contributed by atoms with Gasteiger partial charge in [0.2, 0.25) is 0 Å². The Morgan fingerprint density at radius 1 is 1.19 bits per heavy atom. The predicted molar refractivity (Wildman–Crippen MR) is 131 cm³/mol. The molecule has 0 saturated carbocycles. The van der Waals surface area contributed by atoms with E-state index in [9.17, 15) is 10.2 Å². The van der Waals surface area contributed by atoms with Crippen molar-refractivity contribution in [1.82, 2.24) is 9.88 Å². The van der Waals surface area contributed by atoms with Gasteiger partial charge in [-0.2, -0.15) is 0 Å². The predicted octanol–water partition coefficient (Wildman–Crippen LogP) is 4.83. The third-order valence-electron chi connectivity index (χ3n) is 7.20. The van der Waals surface area contributed by atoms with Crippen molar-refractivity contribution in [3.05, 3.63) is 36.0 Å². The van der Waals surface area contributed by atoms with Crippen LogP contribution < -0.4 is 4.74 Å². The Bertz CT molecular complexity index is 813. The number of pyridine rings is 1. The molecule has 0 spiro atoms. The van der Waals surface area contributed by atoms with E-state index in [1.165, 1.54) is 37.7 Å². The van der Waals surface area contributed by atoms with E-state index in [0.717, 1.165) is 62.0 Å². The van der Waals surface area contributed by atoms with Crippen LogP contribution in [0.5, 0.6) is 5.75 Å². The molecule has 1 saturated heterocycles. The van der Waals surface area contributed by atoms with Gasteiger partial charge in [-0.15, -0.1) is 0 Å². The Morgan fingerprint density at radius 3 is 2.81 bits per heavy atom. The molecule has 0 bridgehead atoms. The molecule has 0 radical (unpaired) electrons. The number of ether oxygens (including phenoxy) is 1. The van der Waals surface area contributed by atoms with Gasteiger partial charge in [0.05, 0.1) is 18.7 Å². The summed E-state index contributed by atoms with van der Waals surface area (Å²) in [5.41, 5.74) is 2.17. The second-order valence-electron chi connectivity index (χ2n) is 9.40. The molecule has 3 rings (SSSR count). The van der Waals surface area contributed by atoms with E-state index in [-0.39, 0.29) is 18.6 Å². The smallest absolute Gasteiger partial charge is 0.119 e. The summed E-state index contributed by atoms with van der Waals surface area (Å²) in [6.07, 6.45) is 11.4. The van der Waals surface area contributed by atoms with Crippen molar-refractivity contribution in [2.75, 3.05) is 33.4 Å². The summed E-state index contributed by atoms with van der Waals surface area (Å²) in [4.78, 5) is 7.02. The van der Waals surface area contributed by atoms with Gasteiger partial charge < -0.3 is 19.8 Å². The number of unbranched alkanes of at least 4 members (excludes halogenated alkanes) is 4. The van der Waals surface area contributed by atoms with E-state index in [1.807, 2.05) is 24.4 Å². The number of hydrogen-bond donors (Lipinski definition) is 2. The lowest BCUT2D eigenvalue weighted by Crippen LogP contribution is -2.45. The summed E-state index contributed by atoms with van der Waals surface area (Å²) < 4.78 is 5.39. The van der Waals surface area contributed by atoms with E-state index in [2.05, 4.69) is 22.9 Å². The molecular formula is C27H42N2O3. The monoisotopic (exact) mass is 442 g/mol. The average molecular weight is 443 g/mol. The largest absolute Gasteiger partial charge is 0.497 e. The summed E-state index contributed by atoms with van der Waals surface area (Å²) in [5, 5.41) is 21.9. The van der Waals surface area contributed by atoms with Crippen molar-refractivity contribution in [1.29, 1.82) is 0 Å². The minimum Gasteiger partial charge on any atom is -0.497 e. The molecule has 1 unspecified atom stereocenters. The van der Waals surface area contributed by atoms with Crippen LogP contribution in [-0.2, 0) is 6.42 Å². The van der Waals surface area contributed by atoms with Gasteiger partial charge in [0.15, 0.2) is 0 Å². The summed E-state index contributed by atoms with van der Waals surface area (Å²) >= 11 is 0. The third-order valence-corrected chi connectivity index (χ3v) is 7.20. The number of hydrogen-bond acceptors (Lipinski definition) is 5. The van der Waals surface area contributed by atoms with Crippen molar-refractivity contribution < 1.29 is 14.9 Å². The third kappa shape index (κ3) is 6.90. The minimum absolute atomic E-state index is 0.201. The van der Waals surface area contributed by atoms with E-state index >= 15 is 0 Å². The number of aliphatic hydroxyl groups is 2. The number of rotatable bonds is 13. The van der Waals surface area contributed by atoms with E-state index in [0.29, 0.717) is 5.92 Å².